The van der Waals surface area contributed by atoms with Gasteiger partial charge in [-0.1, -0.05) is 38.2 Å². The van der Waals surface area contributed by atoms with Gasteiger partial charge in [0.2, 0.25) is 5.89 Å². The Morgan fingerprint density at radius 3 is 2.85 bits per heavy atom. The molecule has 0 aliphatic heterocycles. The third-order valence-corrected chi connectivity index (χ3v) is 5.68. The van der Waals surface area contributed by atoms with Crippen molar-refractivity contribution in [1.82, 2.24) is 9.97 Å². The first-order chi connectivity index (χ1) is 12.8. The molecule has 138 valence electrons. The van der Waals surface area contributed by atoms with E-state index in [1.165, 1.54) is 11.3 Å². The molecule has 0 fully saturated rings. The lowest BCUT2D eigenvalue weighted by atomic mass is 9.94. The van der Waals surface area contributed by atoms with Gasteiger partial charge in [-0.25, -0.2) is 9.97 Å². The normalized spacial score (nSPS) is 11.2. The van der Waals surface area contributed by atoms with Gasteiger partial charge in [0.05, 0.1) is 34.0 Å². The Morgan fingerprint density at radius 2 is 2.15 bits per heavy atom. The number of rotatable bonds is 5. The zero-order valence-electron chi connectivity index (χ0n) is 15.1. The molecule has 0 aliphatic carbocycles. The lowest BCUT2D eigenvalue weighted by molar-refractivity contribution is 0.102. The maximum atomic E-state index is 12.3. The molecule has 0 radical (unpaired) electrons. The number of nitrogens with one attached hydrogen (secondary N) is 1. The zero-order chi connectivity index (χ0) is 19.4. The minimum Gasteiger partial charge on any atom is -0.444 e. The van der Waals surface area contributed by atoms with Crippen LogP contribution in [0.3, 0.4) is 0 Å². The van der Waals surface area contributed by atoms with E-state index < -0.39 is 0 Å². The second-order valence-corrected chi connectivity index (χ2v) is 9.09. The van der Waals surface area contributed by atoms with Crippen molar-refractivity contribution in [3.63, 3.8) is 0 Å². The van der Waals surface area contributed by atoms with Crippen LogP contribution in [0.1, 0.15) is 48.3 Å². The maximum Gasteiger partial charge on any atom is 0.257 e. The Bertz CT molecular complexity index is 996. The highest BCUT2D eigenvalue weighted by atomic mass is 32.2. The largest absolute Gasteiger partial charge is 0.444 e. The third kappa shape index (κ3) is 4.96. The van der Waals surface area contributed by atoms with Crippen molar-refractivity contribution in [1.29, 1.82) is 5.26 Å². The first kappa shape index (κ1) is 19.1. The summed E-state index contributed by atoms with van der Waals surface area (Å²) in [6.07, 6.45) is 3.48. The molecule has 0 spiro atoms. The minimum atomic E-state index is -0.291. The van der Waals surface area contributed by atoms with Gasteiger partial charge in [-0.3, -0.25) is 10.1 Å². The van der Waals surface area contributed by atoms with Crippen LogP contribution in [0.15, 0.2) is 45.3 Å². The molecule has 3 aromatic rings. The Morgan fingerprint density at radius 1 is 1.33 bits per heavy atom. The summed E-state index contributed by atoms with van der Waals surface area (Å²) in [6, 6.07) is 8.57. The minimum absolute atomic E-state index is 0.0687. The summed E-state index contributed by atoms with van der Waals surface area (Å²) >= 11 is 2.94. The number of oxazole rings is 1. The van der Waals surface area contributed by atoms with E-state index in [1.54, 1.807) is 48.4 Å². The molecule has 6 nitrogen and oxygen atoms in total. The molecular weight excluding hydrogens is 380 g/mol. The Balaban J connectivity index is 1.59. The van der Waals surface area contributed by atoms with Crippen molar-refractivity contribution < 1.29 is 9.21 Å². The van der Waals surface area contributed by atoms with Gasteiger partial charge in [0, 0.05) is 11.0 Å². The van der Waals surface area contributed by atoms with Crippen LogP contribution in [-0.2, 0) is 11.2 Å². The summed E-state index contributed by atoms with van der Waals surface area (Å²) in [6.45, 7) is 6.23. The number of anilines is 1. The molecule has 0 atom stereocenters. The molecule has 0 bridgehead atoms. The number of benzene rings is 1. The maximum absolute atomic E-state index is 12.3. The van der Waals surface area contributed by atoms with Gasteiger partial charge in [-0.2, -0.15) is 5.26 Å². The van der Waals surface area contributed by atoms with E-state index in [4.69, 9.17) is 9.68 Å². The zero-order valence-corrected chi connectivity index (χ0v) is 16.8. The summed E-state index contributed by atoms with van der Waals surface area (Å²) in [4.78, 5) is 20.8. The van der Waals surface area contributed by atoms with E-state index in [-0.39, 0.29) is 11.3 Å². The summed E-state index contributed by atoms with van der Waals surface area (Å²) < 4.78 is 6.73. The lowest BCUT2D eigenvalue weighted by Gasteiger charge is -2.12. The fourth-order valence-electron chi connectivity index (χ4n) is 2.14. The van der Waals surface area contributed by atoms with Crippen molar-refractivity contribution in [2.75, 3.05) is 5.32 Å². The lowest BCUT2D eigenvalue weighted by Crippen LogP contribution is -2.11. The van der Waals surface area contributed by atoms with Crippen molar-refractivity contribution in [2.24, 2.45) is 0 Å². The highest BCUT2D eigenvalue weighted by Crippen LogP contribution is 2.32. The van der Waals surface area contributed by atoms with E-state index in [1.807, 2.05) is 6.07 Å². The molecule has 0 saturated heterocycles. The van der Waals surface area contributed by atoms with Crippen LogP contribution >= 0.6 is 23.1 Å². The highest BCUT2D eigenvalue weighted by molar-refractivity contribution is 8.00. The Kier molecular flexibility index (Phi) is 5.63. The SMILES string of the molecule is CC(C)(C)c1cnc(CSc2cnc(NC(=O)c3cccc(C#N)c3)s2)o1. The standard InChI is InChI=1S/C19H18N4O2S2/c1-19(2,3)14-9-21-15(25-14)11-26-16-10-22-18(27-16)23-17(24)13-6-4-5-12(7-13)8-20/h4-7,9-10H,11H2,1-3H3,(H,22,23,24). The number of hydrogen-bond acceptors (Lipinski definition) is 7. The van der Waals surface area contributed by atoms with Crippen LogP contribution in [0, 0.1) is 11.3 Å². The molecule has 0 saturated carbocycles. The van der Waals surface area contributed by atoms with Gasteiger partial charge >= 0.3 is 0 Å². The highest BCUT2D eigenvalue weighted by Gasteiger charge is 2.19. The van der Waals surface area contributed by atoms with Gasteiger partial charge in [0.25, 0.3) is 5.91 Å². The van der Waals surface area contributed by atoms with Crippen molar-refractivity contribution in [3.8, 4) is 6.07 Å². The number of aromatic nitrogens is 2. The fourth-order valence-corrected chi connectivity index (χ4v) is 3.86. The first-order valence-corrected chi connectivity index (χ1v) is 10.0. The molecule has 0 aliphatic rings. The smallest absolute Gasteiger partial charge is 0.257 e. The second kappa shape index (κ2) is 7.94. The van der Waals surface area contributed by atoms with Crippen LogP contribution < -0.4 is 5.32 Å². The van der Waals surface area contributed by atoms with Crippen LogP contribution in [0.4, 0.5) is 5.13 Å². The topological polar surface area (TPSA) is 91.8 Å². The fraction of sp³-hybridized carbons (Fsp3) is 0.263. The van der Waals surface area contributed by atoms with E-state index in [0.29, 0.717) is 27.9 Å². The van der Waals surface area contributed by atoms with Crippen molar-refractivity contribution >= 4 is 34.1 Å². The van der Waals surface area contributed by atoms with Gasteiger partial charge in [-0.05, 0) is 18.2 Å². The predicted octanol–water partition coefficient (Wildman–Crippen LogP) is 4.84. The molecule has 2 heterocycles. The molecule has 1 amide bonds. The molecule has 8 heteroatoms. The van der Waals surface area contributed by atoms with E-state index >= 15 is 0 Å². The first-order valence-electron chi connectivity index (χ1n) is 8.20. The van der Waals surface area contributed by atoms with Crippen molar-refractivity contribution in [3.05, 3.63) is 59.4 Å². The molecule has 3 rings (SSSR count). The average Bonchev–Trinajstić information content (AvgIpc) is 3.29. The van der Waals surface area contributed by atoms with E-state index in [9.17, 15) is 4.79 Å². The third-order valence-electron chi connectivity index (χ3n) is 3.59. The number of carbonyl (C=O) groups is 1. The molecule has 2 aromatic heterocycles. The average molecular weight is 399 g/mol. The summed E-state index contributed by atoms with van der Waals surface area (Å²) in [5.74, 6) is 1.82. The molecule has 1 N–H and O–H groups in total. The molecule has 0 unspecified atom stereocenters. The van der Waals surface area contributed by atoms with Crippen LogP contribution in [0.2, 0.25) is 0 Å². The summed E-state index contributed by atoms with van der Waals surface area (Å²) in [7, 11) is 0. The predicted molar refractivity (Wildman–Crippen MR) is 106 cm³/mol. The van der Waals surface area contributed by atoms with Gasteiger partial charge in [0.15, 0.2) is 5.13 Å². The summed E-state index contributed by atoms with van der Waals surface area (Å²) in [5, 5.41) is 12.2. The number of nitriles is 1. The quantitative estimate of drug-likeness (QED) is 0.618. The molecular formula is C19H18N4O2S2. The number of amides is 1. The van der Waals surface area contributed by atoms with Gasteiger partial charge in [-0.15, -0.1) is 11.8 Å². The Labute approximate surface area is 165 Å². The number of carbonyl (C=O) groups excluding carboxylic acids is 1. The van der Waals surface area contributed by atoms with Crippen molar-refractivity contribution in [2.45, 2.75) is 36.1 Å². The Hall–Kier alpha value is -2.63. The van der Waals surface area contributed by atoms with E-state index in [2.05, 4.69) is 36.1 Å². The van der Waals surface area contributed by atoms with Gasteiger partial charge in [0.1, 0.15) is 5.76 Å². The number of thioether (sulfide) groups is 1. The molecule has 1 aromatic carbocycles. The number of thiazole rings is 1. The number of hydrogen-bond donors (Lipinski definition) is 1. The van der Waals surface area contributed by atoms with Gasteiger partial charge < -0.3 is 4.42 Å². The second-order valence-electron chi connectivity index (χ2n) is 6.79. The van der Waals surface area contributed by atoms with Crippen LogP contribution in [0.5, 0.6) is 0 Å². The summed E-state index contributed by atoms with van der Waals surface area (Å²) in [5.41, 5.74) is 0.798. The van der Waals surface area contributed by atoms with E-state index in [0.717, 1.165) is 9.97 Å². The monoisotopic (exact) mass is 398 g/mol. The molecule has 27 heavy (non-hydrogen) atoms. The number of nitrogens with zero attached hydrogens (tertiary/aromatic N) is 3. The van der Waals surface area contributed by atoms with Crippen LogP contribution in [0.25, 0.3) is 0 Å². The van der Waals surface area contributed by atoms with Crippen LogP contribution in [-0.4, -0.2) is 15.9 Å².